The largest absolute Gasteiger partial charge is 0.380 e. The molecule has 0 aromatic heterocycles. The fourth-order valence-electron chi connectivity index (χ4n) is 8.78. The Labute approximate surface area is 222 Å². The highest BCUT2D eigenvalue weighted by molar-refractivity contribution is 5.07. The van der Waals surface area contributed by atoms with Gasteiger partial charge < -0.3 is 4.74 Å². The van der Waals surface area contributed by atoms with E-state index in [1.807, 2.05) is 7.11 Å². The predicted molar refractivity (Wildman–Crippen MR) is 148 cm³/mol. The van der Waals surface area contributed by atoms with Crippen LogP contribution in [0.25, 0.3) is 0 Å². The van der Waals surface area contributed by atoms with E-state index in [9.17, 15) is 4.39 Å². The highest BCUT2D eigenvalue weighted by Crippen LogP contribution is 2.43. The van der Waals surface area contributed by atoms with Crippen LogP contribution in [0.5, 0.6) is 0 Å². The molecular weight excluding hydrogens is 451 g/mol. The zero-order chi connectivity index (χ0) is 26.7. The number of alkyl halides is 1. The van der Waals surface area contributed by atoms with Gasteiger partial charge in [0, 0.05) is 86.5 Å². The first-order chi connectivity index (χ1) is 16.5. The van der Waals surface area contributed by atoms with E-state index in [4.69, 9.17) is 4.74 Å². The van der Waals surface area contributed by atoms with Crippen LogP contribution < -0.4 is 0 Å². The molecule has 0 saturated carbocycles. The van der Waals surface area contributed by atoms with Gasteiger partial charge in [-0.3, -0.25) is 19.6 Å². The molecule has 0 aromatic rings. The molecule has 4 aliphatic heterocycles. The summed E-state index contributed by atoms with van der Waals surface area (Å²) < 4.78 is 19.9. The molecule has 0 aromatic carbocycles. The van der Waals surface area contributed by atoms with Crippen LogP contribution in [-0.2, 0) is 4.74 Å². The molecule has 4 aliphatic rings. The molecule has 4 heterocycles. The third kappa shape index (κ3) is 5.83. The van der Waals surface area contributed by atoms with Crippen molar-refractivity contribution in [2.75, 3.05) is 46.4 Å². The SMILES string of the molecule is COC1CN(C2CN(C(C)(C)C)C(C)(C)C2)CC1CC(C)(C)N1CC(N2CCC(F)CC2)CC1(C)C. The van der Waals surface area contributed by atoms with E-state index in [1.165, 1.54) is 12.8 Å². The predicted octanol–water partition coefficient (Wildman–Crippen LogP) is 5.04. The maximum atomic E-state index is 13.8. The number of piperidine rings is 1. The number of halogens is 1. The Kier molecular flexibility index (Phi) is 8.01. The maximum absolute atomic E-state index is 13.8. The maximum Gasteiger partial charge on any atom is 0.103 e. The van der Waals surface area contributed by atoms with Crippen LogP contribution in [0.3, 0.4) is 0 Å². The molecule has 0 amide bonds. The van der Waals surface area contributed by atoms with E-state index in [2.05, 4.69) is 81.9 Å². The van der Waals surface area contributed by atoms with Gasteiger partial charge in [0.2, 0.25) is 0 Å². The molecule has 4 unspecified atom stereocenters. The van der Waals surface area contributed by atoms with Gasteiger partial charge in [-0.2, -0.15) is 0 Å². The third-order valence-corrected chi connectivity index (χ3v) is 10.2. The molecule has 4 saturated heterocycles. The van der Waals surface area contributed by atoms with Gasteiger partial charge in [0.05, 0.1) is 6.10 Å². The van der Waals surface area contributed by atoms with E-state index in [-0.39, 0.29) is 22.2 Å². The lowest BCUT2D eigenvalue weighted by molar-refractivity contribution is 0.00911. The van der Waals surface area contributed by atoms with E-state index in [1.54, 1.807) is 0 Å². The molecule has 0 aliphatic carbocycles. The molecule has 210 valence electrons. The summed E-state index contributed by atoms with van der Waals surface area (Å²) in [6.07, 6.45) is 4.69. The van der Waals surface area contributed by atoms with Crippen LogP contribution in [0, 0.1) is 5.92 Å². The van der Waals surface area contributed by atoms with Gasteiger partial charge in [-0.15, -0.1) is 0 Å². The first kappa shape index (κ1) is 28.7. The minimum atomic E-state index is -0.597. The van der Waals surface area contributed by atoms with Crippen molar-refractivity contribution in [3.63, 3.8) is 0 Å². The zero-order valence-electron chi connectivity index (χ0n) is 25.2. The van der Waals surface area contributed by atoms with Crippen molar-refractivity contribution in [2.45, 2.75) is 141 Å². The molecule has 36 heavy (non-hydrogen) atoms. The third-order valence-electron chi connectivity index (χ3n) is 10.2. The molecule has 4 fully saturated rings. The Balaban J connectivity index is 1.41. The average Bonchev–Trinajstić information content (AvgIpc) is 3.40. The number of nitrogens with zero attached hydrogens (tertiary/aromatic N) is 4. The van der Waals surface area contributed by atoms with Crippen LogP contribution in [0.2, 0.25) is 0 Å². The lowest BCUT2D eigenvalue weighted by atomic mass is 9.84. The molecule has 0 bridgehead atoms. The van der Waals surface area contributed by atoms with Gasteiger partial charge in [0.15, 0.2) is 0 Å². The van der Waals surface area contributed by atoms with Gasteiger partial charge in [0.1, 0.15) is 6.17 Å². The van der Waals surface area contributed by atoms with E-state index >= 15 is 0 Å². The first-order valence-electron chi connectivity index (χ1n) is 14.7. The number of hydrogen-bond donors (Lipinski definition) is 0. The van der Waals surface area contributed by atoms with Crippen LogP contribution >= 0.6 is 0 Å². The Morgan fingerprint density at radius 2 is 1.31 bits per heavy atom. The molecule has 0 radical (unpaired) electrons. The second-order valence-electron chi connectivity index (χ2n) is 15.4. The van der Waals surface area contributed by atoms with Gasteiger partial charge in [-0.25, -0.2) is 4.39 Å². The molecular formula is C30H57FN4O. The molecule has 5 nitrogen and oxygen atoms in total. The quantitative estimate of drug-likeness (QED) is 0.500. The van der Waals surface area contributed by atoms with Crippen LogP contribution in [-0.4, -0.2) is 112 Å². The van der Waals surface area contributed by atoms with Gasteiger partial charge in [-0.05, 0) is 94.4 Å². The Morgan fingerprint density at radius 3 is 1.83 bits per heavy atom. The van der Waals surface area contributed by atoms with E-state index < -0.39 is 6.17 Å². The number of ether oxygens (including phenoxy) is 1. The topological polar surface area (TPSA) is 22.2 Å². The second-order valence-corrected chi connectivity index (χ2v) is 15.4. The normalized spacial score (nSPS) is 35.8. The van der Waals surface area contributed by atoms with Crippen molar-refractivity contribution in [1.82, 2.24) is 19.6 Å². The summed E-state index contributed by atoms with van der Waals surface area (Å²) in [5.74, 6) is 0.550. The lowest BCUT2D eigenvalue weighted by Gasteiger charge is -2.46. The minimum Gasteiger partial charge on any atom is -0.380 e. The zero-order valence-corrected chi connectivity index (χ0v) is 25.2. The number of likely N-dealkylation sites (tertiary alicyclic amines) is 4. The summed E-state index contributed by atoms with van der Waals surface area (Å²) in [5, 5.41) is 0. The average molecular weight is 509 g/mol. The van der Waals surface area contributed by atoms with E-state index in [0.717, 1.165) is 45.7 Å². The summed E-state index contributed by atoms with van der Waals surface area (Å²) in [7, 11) is 1.92. The van der Waals surface area contributed by atoms with Crippen molar-refractivity contribution in [3.8, 4) is 0 Å². The molecule has 0 spiro atoms. The standard InChI is InChI=1S/C30H57FN4O/c1-27(2,3)34-19-25(17-29(34,6)7)33-18-22(26(21-33)36-10)15-28(4,5)35-20-24(16-30(35,8)9)32-13-11-23(31)12-14-32/h22-26H,11-21H2,1-10H3. The van der Waals surface area contributed by atoms with Crippen LogP contribution in [0.15, 0.2) is 0 Å². The smallest absolute Gasteiger partial charge is 0.103 e. The van der Waals surface area contributed by atoms with Gasteiger partial charge in [0.25, 0.3) is 0 Å². The van der Waals surface area contributed by atoms with Crippen molar-refractivity contribution >= 4 is 0 Å². The van der Waals surface area contributed by atoms with Crippen LogP contribution in [0.4, 0.5) is 4.39 Å². The minimum absolute atomic E-state index is 0.0977. The van der Waals surface area contributed by atoms with Gasteiger partial charge >= 0.3 is 0 Å². The molecule has 0 N–H and O–H groups in total. The summed E-state index contributed by atoms with van der Waals surface area (Å²) in [5.41, 5.74) is 0.677. The molecule has 4 atom stereocenters. The van der Waals surface area contributed by atoms with Gasteiger partial charge in [-0.1, -0.05) is 0 Å². The van der Waals surface area contributed by atoms with Crippen LogP contribution in [0.1, 0.15) is 94.4 Å². The van der Waals surface area contributed by atoms with Crippen molar-refractivity contribution < 1.29 is 9.13 Å². The fourth-order valence-corrected chi connectivity index (χ4v) is 8.78. The highest BCUT2D eigenvalue weighted by atomic mass is 19.1. The second kappa shape index (κ2) is 10.0. The van der Waals surface area contributed by atoms with Crippen molar-refractivity contribution in [3.05, 3.63) is 0 Å². The number of hydrogen-bond acceptors (Lipinski definition) is 5. The Bertz CT molecular complexity index is 755. The molecule has 6 heteroatoms. The fraction of sp³-hybridized carbons (Fsp3) is 1.00. The van der Waals surface area contributed by atoms with Crippen molar-refractivity contribution in [2.24, 2.45) is 5.92 Å². The monoisotopic (exact) mass is 508 g/mol. The first-order valence-corrected chi connectivity index (χ1v) is 14.7. The summed E-state index contributed by atoms with van der Waals surface area (Å²) in [6.45, 7) is 28.0. The molecule has 4 rings (SSSR count). The summed E-state index contributed by atoms with van der Waals surface area (Å²) in [4.78, 5) is 10.8. The highest BCUT2D eigenvalue weighted by Gasteiger charge is 2.51. The summed E-state index contributed by atoms with van der Waals surface area (Å²) in [6, 6.07) is 1.16. The number of rotatable bonds is 6. The summed E-state index contributed by atoms with van der Waals surface area (Å²) >= 11 is 0. The van der Waals surface area contributed by atoms with E-state index in [0.29, 0.717) is 36.9 Å². The lowest BCUT2D eigenvalue weighted by Crippen LogP contribution is -2.53. The number of methoxy groups -OCH3 is 1. The Hall–Kier alpha value is -0.270. The van der Waals surface area contributed by atoms with Crippen molar-refractivity contribution in [1.29, 1.82) is 0 Å². The Morgan fingerprint density at radius 1 is 0.778 bits per heavy atom.